The number of ether oxygens (including phenoxy) is 1. The van der Waals surface area contributed by atoms with E-state index in [1.807, 2.05) is 25.1 Å². The van der Waals surface area contributed by atoms with Crippen molar-refractivity contribution in [2.24, 2.45) is 0 Å². The van der Waals surface area contributed by atoms with Crippen LogP contribution in [0.15, 0.2) is 54.7 Å². The number of nitrogens with zero attached hydrogens (tertiary/aromatic N) is 2. The lowest BCUT2D eigenvalue weighted by atomic mass is 10.1. The first-order chi connectivity index (χ1) is 14.0. The smallest absolute Gasteiger partial charge is 0.273 e. The summed E-state index contributed by atoms with van der Waals surface area (Å²) >= 11 is 6.10. The molecule has 0 unspecified atom stereocenters. The molecule has 0 bridgehead atoms. The summed E-state index contributed by atoms with van der Waals surface area (Å²) in [5.74, 6) is -0.133. The first kappa shape index (κ1) is 20.4. The number of hydrogen-bond donors (Lipinski definition) is 2. The Morgan fingerprint density at radius 3 is 2.66 bits per heavy atom. The Kier molecular flexibility index (Phi) is 6.51. The van der Waals surface area contributed by atoms with Gasteiger partial charge in [0.05, 0.1) is 10.7 Å². The number of nitrogens with one attached hydrogen (secondary N) is 2. The van der Waals surface area contributed by atoms with Gasteiger partial charge in [-0.05, 0) is 36.8 Å². The van der Waals surface area contributed by atoms with E-state index in [0.717, 1.165) is 5.56 Å². The maximum absolute atomic E-state index is 12.7. The summed E-state index contributed by atoms with van der Waals surface area (Å²) in [6.45, 7) is 2.74. The number of halogens is 1. The third-order valence-electron chi connectivity index (χ3n) is 4.20. The van der Waals surface area contributed by atoms with Crippen molar-refractivity contribution in [3.05, 3.63) is 76.6 Å². The summed E-state index contributed by atoms with van der Waals surface area (Å²) < 4.78 is 7.32. The fraction of sp³-hybridized carbons (Fsp3) is 0.190. The SMILES string of the molecule is CCn1cc(NC(=O)c2cccc(COc3ccccc3Cl)c2)c(C(=O)NC)n1. The van der Waals surface area contributed by atoms with E-state index in [9.17, 15) is 9.59 Å². The van der Waals surface area contributed by atoms with Gasteiger partial charge in [-0.25, -0.2) is 0 Å². The molecular formula is C21H21ClN4O3. The first-order valence-electron chi connectivity index (χ1n) is 9.09. The summed E-state index contributed by atoms with van der Waals surface area (Å²) in [6, 6.07) is 14.3. The number of carbonyl (C=O) groups excluding carboxylic acids is 2. The summed E-state index contributed by atoms with van der Waals surface area (Å²) in [4.78, 5) is 24.7. The highest BCUT2D eigenvalue weighted by Crippen LogP contribution is 2.24. The van der Waals surface area contributed by atoms with Gasteiger partial charge in [0, 0.05) is 25.4 Å². The van der Waals surface area contributed by atoms with Crippen LogP contribution in [0.3, 0.4) is 0 Å². The van der Waals surface area contributed by atoms with Crippen molar-refractivity contribution in [3.8, 4) is 5.75 Å². The van der Waals surface area contributed by atoms with E-state index in [4.69, 9.17) is 16.3 Å². The lowest BCUT2D eigenvalue weighted by Gasteiger charge is -2.09. The minimum atomic E-state index is -0.366. The predicted molar refractivity (Wildman–Crippen MR) is 111 cm³/mol. The molecule has 8 heteroatoms. The summed E-state index contributed by atoms with van der Waals surface area (Å²) in [5, 5.41) is 10.0. The molecule has 0 aliphatic carbocycles. The molecule has 2 amide bonds. The predicted octanol–water partition coefficient (Wildman–Crippen LogP) is 3.75. The van der Waals surface area contributed by atoms with Gasteiger partial charge in [0.15, 0.2) is 5.69 Å². The molecule has 7 nitrogen and oxygen atoms in total. The molecule has 2 N–H and O–H groups in total. The van der Waals surface area contributed by atoms with Crippen molar-refractivity contribution in [3.63, 3.8) is 0 Å². The van der Waals surface area contributed by atoms with Gasteiger partial charge in [-0.15, -0.1) is 0 Å². The van der Waals surface area contributed by atoms with Crippen LogP contribution in [0, 0.1) is 0 Å². The average molecular weight is 413 g/mol. The minimum absolute atomic E-state index is 0.168. The van der Waals surface area contributed by atoms with Gasteiger partial charge in [0.2, 0.25) is 0 Å². The summed E-state index contributed by atoms with van der Waals surface area (Å²) in [7, 11) is 1.52. The lowest BCUT2D eigenvalue weighted by molar-refractivity contribution is 0.0958. The standard InChI is InChI=1S/C21H21ClN4O3/c1-3-26-12-17(19(25-26)21(28)23-2)24-20(27)15-8-6-7-14(11-15)13-29-18-10-5-4-9-16(18)22/h4-12H,3,13H2,1-2H3,(H,23,28)(H,24,27). The molecule has 3 aromatic rings. The number of para-hydroxylation sites is 1. The molecule has 2 aromatic carbocycles. The number of carbonyl (C=O) groups is 2. The first-order valence-corrected chi connectivity index (χ1v) is 9.46. The molecule has 0 atom stereocenters. The van der Waals surface area contributed by atoms with E-state index < -0.39 is 0 Å². The maximum Gasteiger partial charge on any atom is 0.273 e. The van der Waals surface area contributed by atoms with Crippen LogP contribution < -0.4 is 15.4 Å². The molecule has 1 aromatic heterocycles. The molecule has 0 aliphatic rings. The Balaban J connectivity index is 1.74. The quantitative estimate of drug-likeness (QED) is 0.619. The fourth-order valence-electron chi connectivity index (χ4n) is 2.68. The van der Waals surface area contributed by atoms with Crippen LogP contribution in [0.5, 0.6) is 5.75 Å². The van der Waals surface area contributed by atoms with Crippen LogP contribution in [0.2, 0.25) is 5.02 Å². The van der Waals surface area contributed by atoms with Crippen LogP contribution in [0.1, 0.15) is 33.3 Å². The van der Waals surface area contributed by atoms with Gasteiger partial charge in [-0.1, -0.05) is 35.9 Å². The van der Waals surface area contributed by atoms with Crippen molar-refractivity contribution in [1.82, 2.24) is 15.1 Å². The maximum atomic E-state index is 12.7. The number of anilines is 1. The molecule has 1 heterocycles. The van der Waals surface area contributed by atoms with Crippen LogP contribution in [-0.4, -0.2) is 28.6 Å². The molecular weight excluding hydrogens is 392 g/mol. The number of aryl methyl sites for hydroxylation is 1. The Bertz CT molecular complexity index is 1030. The number of rotatable bonds is 7. The second kappa shape index (κ2) is 9.25. The molecule has 150 valence electrons. The third kappa shape index (κ3) is 4.94. The van der Waals surface area contributed by atoms with Gasteiger partial charge in [-0.3, -0.25) is 14.3 Å². The van der Waals surface area contributed by atoms with E-state index in [1.54, 1.807) is 41.2 Å². The fourth-order valence-corrected chi connectivity index (χ4v) is 2.87. The van der Waals surface area contributed by atoms with Crippen molar-refractivity contribution >= 4 is 29.1 Å². The zero-order valence-corrected chi connectivity index (χ0v) is 16.9. The van der Waals surface area contributed by atoms with Crippen LogP contribution in [-0.2, 0) is 13.2 Å². The van der Waals surface area contributed by atoms with Crippen LogP contribution in [0.25, 0.3) is 0 Å². The second-order valence-corrected chi connectivity index (χ2v) is 6.61. The zero-order valence-electron chi connectivity index (χ0n) is 16.1. The van der Waals surface area contributed by atoms with Gasteiger partial charge < -0.3 is 15.4 Å². The highest BCUT2D eigenvalue weighted by atomic mass is 35.5. The van der Waals surface area contributed by atoms with Gasteiger partial charge >= 0.3 is 0 Å². The van der Waals surface area contributed by atoms with Gasteiger partial charge in [-0.2, -0.15) is 5.10 Å². The summed E-state index contributed by atoms with van der Waals surface area (Å²) in [6.07, 6.45) is 1.63. The molecule has 0 saturated carbocycles. The van der Waals surface area contributed by atoms with E-state index >= 15 is 0 Å². The number of hydrogen-bond acceptors (Lipinski definition) is 4. The highest BCUT2D eigenvalue weighted by Gasteiger charge is 2.18. The van der Waals surface area contributed by atoms with Crippen LogP contribution in [0.4, 0.5) is 5.69 Å². The number of aromatic nitrogens is 2. The van der Waals surface area contributed by atoms with Crippen molar-refractivity contribution in [2.45, 2.75) is 20.1 Å². The molecule has 0 aliphatic heterocycles. The summed E-state index contributed by atoms with van der Waals surface area (Å²) in [5.41, 5.74) is 1.78. The van der Waals surface area contributed by atoms with Crippen molar-refractivity contribution in [1.29, 1.82) is 0 Å². The molecule has 0 radical (unpaired) electrons. The number of amides is 2. The normalized spacial score (nSPS) is 10.4. The van der Waals surface area contributed by atoms with E-state index in [1.165, 1.54) is 7.05 Å². The monoisotopic (exact) mass is 412 g/mol. The minimum Gasteiger partial charge on any atom is -0.487 e. The van der Waals surface area contributed by atoms with Gasteiger partial charge in [0.1, 0.15) is 12.4 Å². The van der Waals surface area contributed by atoms with Gasteiger partial charge in [0.25, 0.3) is 11.8 Å². The highest BCUT2D eigenvalue weighted by molar-refractivity contribution is 6.32. The number of benzene rings is 2. The Hall–Kier alpha value is -3.32. The lowest BCUT2D eigenvalue weighted by Crippen LogP contribution is -2.21. The second-order valence-electron chi connectivity index (χ2n) is 6.20. The Morgan fingerprint density at radius 2 is 1.93 bits per heavy atom. The molecule has 0 saturated heterocycles. The topological polar surface area (TPSA) is 85.2 Å². The van der Waals surface area contributed by atoms with E-state index in [0.29, 0.717) is 28.6 Å². The largest absolute Gasteiger partial charge is 0.487 e. The average Bonchev–Trinajstić information content (AvgIpc) is 3.15. The van der Waals surface area contributed by atoms with E-state index in [2.05, 4.69) is 15.7 Å². The van der Waals surface area contributed by atoms with Crippen LogP contribution >= 0.6 is 11.6 Å². The molecule has 0 fully saturated rings. The van der Waals surface area contributed by atoms with Crippen molar-refractivity contribution < 1.29 is 14.3 Å². The zero-order chi connectivity index (χ0) is 20.8. The molecule has 3 rings (SSSR count). The molecule has 29 heavy (non-hydrogen) atoms. The van der Waals surface area contributed by atoms with E-state index in [-0.39, 0.29) is 24.1 Å². The van der Waals surface area contributed by atoms with Crippen molar-refractivity contribution in [2.75, 3.05) is 12.4 Å². The molecule has 0 spiro atoms. The third-order valence-corrected chi connectivity index (χ3v) is 4.51. The Morgan fingerprint density at radius 1 is 1.14 bits per heavy atom. The Labute approximate surface area is 173 Å².